The third kappa shape index (κ3) is 4.81. The van der Waals surface area contributed by atoms with Gasteiger partial charge >= 0.3 is 0 Å². The van der Waals surface area contributed by atoms with Crippen molar-refractivity contribution in [2.75, 3.05) is 29.0 Å². The van der Waals surface area contributed by atoms with Crippen LogP contribution in [0.2, 0.25) is 0 Å². The number of carbonyl (C=O) groups is 2. The van der Waals surface area contributed by atoms with Gasteiger partial charge in [-0.05, 0) is 51.0 Å². The first-order valence-electron chi connectivity index (χ1n) is 9.94. The smallest absolute Gasteiger partial charge is 0.255 e. The molecule has 1 aliphatic rings. The Labute approximate surface area is 177 Å². The van der Waals surface area contributed by atoms with Crippen LogP contribution < -0.4 is 9.62 Å². The molecule has 1 aliphatic heterocycles. The average Bonchev–Trinajstić information content (AvgIpc) is 3.23. The van der Waals surface area contributed by atoms with Crippen LogP contribution in [0.5, 0.6) is 0 Å². The molecule has 1 fully saturated rings. The van der Waals surface area contributed by atoms with Gasteiger partial charge in [-0.15, -0.1) is 0 Å². The first kappa shape index (κ1) is 21.8. The van der Waals surface area contributed by atoms with E-state index in [0.29, 0.717) is 30.0 Å². The fraction of sp³-hybridized carbons (Fsp3) is 0.364. The maximum absolute atomic E-state index is 13.0. The Morgan fingerprint density at radius 2 is 1.63 bits per heavy atom. The number of nitrogens with zero attached hydrogens (tertiary/aromatic N) is 2. The van der Waals surface area contributed by atoms with Gasteiger partial charge in [0.2, 0.25) is 15.9 Å². The molecule has 1 saturated heterocycles. The lowest BCUT2D eigenvalue weighted by molar-refractivity contribution is -0.116. The van der Waals surface area contributed by atoms with Crippen LogP contribution in [0, 0.1) is 6.92 Å². The Balaban J connectivity index is 1.85. The van der Waals surface area contributed by atoms with Crippen molar-refractivity contribution in [2.45, 2.75) is 32.7 Å². The summed E-state index contributed by atoms with van der Waals surface area (Å²) >= 11 is 0. The second-order valence-corrected chi connectivity index (χ2v) is 9.46. The summed E-state index contributed by atoms with van der Waals surface area (Å²) < 4.78 is 26.0. The van der Waals surface area contributed by atoms with Crippen molar-refractivity contribution in [1.82, 2.24) is 4.90 Å². The Bertz CT molecular complexity index is 1030. The Hall–Kier alpha value is -2.87. The van der Waals surface area contributed by atoms with E-state index in [2.05, 4.69) is 5.32 Å². The van der Waals surface area contributed by atoms with Gasteiger partial charge < -0.3 is 10.2 Å². The third-order valence-electron chi connectivity index (χ3n) is 5.19. The lowest BCUT2D eigenvalue weighted by atomic mass is 10.1. The number of aryl methyl sites for hydroxylation is 1. The number of amides is 2. The van der Waals surface area contributed by atoms with Crippen molar-refractivity contribution < 1.29 is 18.0 Å². The minimum Gasteiger partial charge on any atom is -0.339 e. The quantitative estimate of drug-likeness (QED) is 0.765. The highest BCUT2D eigenvalue weighted by molar-refractivity contribution is 7.92. The molecule has 8 heteroatoms. The number of likely N-dealkylation sites (tertiary alicyclic amines) is 1. The number of hydrogen-bond acceptors (Lipinski definition) is 4. The van der Waals surface area contributed by atoms with Crippen LogP contribution >= 0.6 is 0 Å². The molecular weight excluding hydrogens is 402 g/mol. The minimum absolute atomic E-state index is 0.130. The van der Waals surface area contributed by atoms with Crippen LogP contribution in [0.25, 0.3) is 0 Å². The van der Waals surface area contributed by atoms with Crippen LogP contribution in [-0.4, -0.2) is 50.5 Å². The molecule has 0 aromatic heterocycles. The van der Waals surface area contributed by atoms with Gasteiger partial charge in [0.1, 0.15) is 6.04 Å². The number of sulfonamides is 1. The molecule has 1 heterocycles. The van der Waals surface area contributed by atoms with Gasteiger partial charge in [-0.2, -0.15) is 0 Å². The maximum atomic E-state index is 13.0. The molecule has 30 heavy (non-hydrogen) atoms. The van der Waals surface area contributed by atoms with Crippen molar-refractivity contribution in [3.05, 3.63) is 59.7 Å². The summed E-state index contributed by atoms with van der Waals surface area (Å²) in [5.74, 6) is -0.641. The number of hydrogen-bond donors (Lipinski definition) is 1. The second-order valence-electron chi connectivity index (χ2n) is 7.60. The van der Waals surface area contributed by atoms with Gasteiger partial charge in [0.25, 0.3) is 5.91 Å². The van der Waals surface area contributed by atoms with Gasteiger partial charge in [0, 0.05) is 13.1 Å². The zero-order valence-corrected chi connectivity index (χ0v) is 18.3. The lowest BCUT2D eigenvalue weighted by Crippen LogP contribution is -2.45. The molecule has 0 radical (unpaired) electrons. The Morgan fingerprint density at radius 3 is 2.23 bits per heavy atom. The van der Waals surface area contributed by atoms with E-state index in [-0.39, 0.29) is 5.91 Å². The van der Waals surface area contributed by atoms with Crippen molar-refractivity contribution >= 4 is 33.2 Å². The molecular formula is C22H27N3O4S. The molecule has 0 bridgehead atoms. The number of benzene rings is 2. The normalized spacial score (nSPS) is 15.0. The SMILES string of the molecule is Cc1ccc(N([C@@H](C)C(=O)Nc2ccccc2C(=O)N2CCCC2)S(C)(=O)=O)cc1. The van der Waals surface area contributed by atoms with Crippen molar-refractivity contribution in [3.8, 4) is 0 Å². The summed E-state index contributed by atoms with van der Waals surface area (Å²) in [6.07, 6.45) is 3.01. The van der Waals surface area contributed by atoms with Crippen molar-refractivity contribution in [2.24, 2.45) is 0 Å². The molecule has 0 spiro atoms. The largest absolute Gasteiger partial charge is 0.339 e. The summed E-state index contributed by atoms with van der Waals surface area (Å²) in [5, 5.41) is 2.76. The summed E-state index contributed by atoms with van der Waals surface area (Å²) in [6, 6.07) is 12.7. The molecule has 0 saturated carbocycles. The van der Waals surface area contributed by atoms with Crippen LogP contribution in [-0.2, 0) is 14.8 Å². The number of anilines is 2. The number of carbonyl (C=O) groups excluding carboxylic acids is 2. The number of nitrogens with one attached hydrogen (secondary N) is 1. The minimum atomic E-state index is -3.71. The van der Waals surface area contributed by atoms with Gasteiger partial charge in [0.15, 0.2) is 0 Å². The highest BCUT2D eigenvalue weighted by Crippen LogP contribution is 2.24. The van der Waals surface area contributed by atoms with E-state index in [1.165, 1.54) is 6.92 Å². The molecule has 1 atom stereocenters. The van der Waals surface area contributed by atoms with Crippen LogP contribution in [0.3, 0.4) is 0 Å². The fourth-order valence-corrected chi connectivity index (χ4v) is 4.78. The van der Waals surface area contributed by atoms with Crippen molar-refractivity contribution in [1.29, 1.82) is 0 Å². The lowest BCUT2D eigenvalue weighted by Gasteiger charge is -2.28. The van der Waals surface area contributed by atoms with Crippen LogP contribution in [0.4, 0.5) is 11.4 Å². The van der Waals surface area contributed by atoms with Gasteiger partial charge in [-0.3, -0.25) is 13.9 Å². The van der Waals surface area contributed by atoms with Gasteiger partial charge in [-0.1, -0.05) is 29.8 Å². The number of rotatable bonds is 6. The highest BCUT2D eigenvalue weighted by Gasteiger charge is 2.30. The van der Waals surface area contributed by atoms with Crippen LogP contribution in [0.15, 0.2) is 48.5 Å². The predicted molar refractivity (Wildman–Crippen MR) is 118 cm³/mol. The van der Waals surface area contributed by atoms with E-state index in [4.69, 9.17) is 0 Å². The molecule has 2 amide bonds. The highest BCUT2D eigenvalue weighted by atomic mass is 32.2. The molecule has 2 aromatic rings. The molecule has 0 aliphatic carbocycles. The van der Waals surface area contributed by atoms with Crippen molar-refractivity contribution in [3.63, 3.8) is 0 Å². The molecule has 1 N–H and O–H groups in total. The molecule has 0 unspecified atom stereocenters. The molecule has 160 valence electrons. The van der Waals surface area contributed by atoms with Gasteiger partial charge in [-0.25, -0.2) is 8.42 Å². The topological polar surface area (TPSA) is 86.8 Å². The summed E-state index contributed by atoms with van der Waals surface area (Å²) in [5.41, 5.74) is 2.18. The first-order chi connectivity index (χ1) is 14.2. The predicted octanol–water partition coefficient (Wildman–Crippen LogP) is 3.02. The van der Waals surface area contributed by atoms with E-state index in [1.54, 1.807) is 53.4 Å². The monoisotopic (exact) mass is 429 g/mol. The average molecular weight is 430 g/mol. The van der Waals surface area contributed by atoms with E-state index in [0.717, 1.165) is 29.0 Å². The number of para-hydroxylation sites is 1. The summed E-state index contributed by atoms with van der Waals surface area (Å²) in [4.78, 5) is 27.6. The zero-order valence-electron chi connectivity index (χ0n) is 17.5. The molecule has 7 nitrogen and oxygen atoms in total. The van der Waals surface area contributed by atoms with E-state index in [9.17, 15) is 18.0 Å². The second kappa shape index (κ2) is 8.87. The Kier molecular flexibility index (Phi) is 6.45. The third-order valence-corrected chi connectivity index (χ3v) is 6.43. The standard InChI is InChI=1S/C22H27N3O4S/c1-16-10-12-18(13-11-16)25(30(3,28)29)17(2)21(26)23-20-9-5-4-8-19(20)22(27)24-14-6-7-15-24/h4-5,8-13,17H,6-7,14-15H2,1-3H3,(H,23,26)/t17-/m0/s1. The van der Waals surface area contributed by atoms with E-state index < -0.39 is 22.0 Å². The van der Waals surface area contributed by atoms with E-state index >= 15 is 0 Å². The molecule has 2 aromatic carbocycles. The maximum Gasteiger partial charge on any atom is 0.255 e. The van der Waals surface area contributed by atoms with Crippen LogP contribution in [0.1, 0.15) is 35.7 Å². The van der Waals surface area contributed by atoms with Gasteiger partial charge in [0.05, 0.1) is 23.2 Å². The first-order valence-corrected chi connectivity index (χ1v) is 11.8. The molecule has 3 rings (SSSR count). The summed E-state index contributed by atoms with van der Waals surface area (Å²) in [6.45, 7) is 4.83. The Morgan fingerprint density at radius 1 is 1.03 bits per heavy atom. The van der Waals surface area contributed by atoms with E-state index in [1.807, 2.05) is 6.92 Å². The summed E-state index contributed by atoms with van der Waals surface area (Å²) in [7, 11) is -3.71. The zero-order chi connectivity index (χ0) is 21.9. The fourth-order valence-electron chi connectivity index (χ4n) is 3.61.